The highest BCUT2D eigenvalue weighted by Gasteiger charge is 2.36. The summed E-state index contributed by atoms with van der Waals surface area (Å²) in [5.41, 5.74) is -0.404. The number of hydrogen-bond donors (Lipinski definition) is 2. The zero-order valence-corrected chi connectivity index (χ0v) is 10.6. The van der Waals surface area contributed by atoms with Crippen molar-refractivity contribution in [2.45, 2.75) is 45.2 Å². The van der Waals surface area contributed by atoms with E-state index in [4.69, 9.17) is 0 Å². The van der Waals surface area contributed by atoms with Gasteiger partial charge in [-0.2, -0.15) is 0 Å². The highest BCUT2D eigenvalue weighted by atomic mass is 16.4. The maximum atomic E-state index is 11.5. The van der Waals surface area contributed by atoms with Crippen molar-refractivity contribution in [1.29, 1.82) is 0 Å². The molecule has 1 heterocycles. The Kier molecular flexibility index (Phi) is 4.63. The second-order valence-corrected chi connectivity index (χ2v) is 4.51. The summed E-state index contributed by atoms with van der Waals surface area (Å²) in [5, 5.41) is 12.6. The van der Waals surface area contributed by atoms with Gasteiger partial charge in [0.15, 0.2) is 0 Å². The molecule has 17 heavy (non-hydrogen) atoms. The number of carbonyl (C=O) groups is 1. The van der Waals surface area contributed by atoms with Gasteiger partial charge in [0.2, 0.25) is 0 Å². The van der Waals surface area contributed by atoms with Crippen molar-refractivity contribution >= 4 is 5.97 Å². The first-order valence-corrected chi connectivity index (χ1v) is 5.92. The molecule has 0 saturated heterocycles. The van der Waals surface area contributed by atoms with Gasteiger partial charge in [0, 0.05) is 24.0 Å². The first-order chi connectivity index (χ1) is 8.00. The molecule has 1 aromatic heterocycles. The van der Waals surface area contributed by atoms with E-state index in [0.717, 1.165) is 12.8 Å². The van der Waals surface area contributed by atoms with Crippen LogP contribution in [0.5, 0.6) is 0 Å². The Bertz CT molecular complexity index is 367. The van der Waals surface area contributed by atoms with Crippen LogP contribution in [-0.2, 0) is 10.3 Å². The Hall–Kier alpha value is -1.42. The van der Waals surface area contributed by atoms with E-state index in [2.05, 4.69) is 17.2 Å². The fourth-order valence-electron chi connectivity index (χ4n) is 1.93. The van der Waals surface area contributed by atoms with E-state index >= 15 is 0 Å². The van der Waals surface area contributed by atoms with Crippen molar-refractivity contribution < 1.29 is 9.90 Å². The van der Waals surface area contributed by atoms with Crippen molar-refractivity contribution in [2.75, 3.05) is 0 Å². The number of aromatic nitrogens is 1. The summed E-state index contributed by atoms with van der Waals surface area (Å²) < 4.78 is 0. The number of carboxylic acids is 1. The van der Waals surface area contributed by atoms with Gasteiger partial charge >= 0.3 is 5.97 Å². The van der Waals surface area contributed by atoms with Crippen LogP contribution in [0.15, 0.2) is 24.5 Å². The molecule has 4 heteroatoms. The van der Waals surface area contributed by atoms with Gasteiger partial charge < -0.3 is 5.11 Å². The lowest BCUT2D eigenvalue weighted by molar-refractivity contribution is -0.145. The molecule has 2 unspecified atom stereocenters. The molecular weight excluding hydrogens is 216 g/mol. The SMILES string of the molecule is CCCC(C)NC(C)(C(=O)O)c1cccnc1. The van der Waals surface area contributed by atoms with Gasteiger partial charge in [0.25, 0.3) is 0 Å². The average Bonchev–Trinajstić information content (AvgIpc) is 2.30. The van der Waals surface area contributed by atoms with E-state index in [0.29, 0.717) is 5.56 Å². The summed E-state index contributed by atoms with van der Waals surface area (Å²) in [6.07, 6.45) is 5.21. The third-order valence-electron chi connectivity index (χ3n) is 2.92. The molecule has 2 N–H and O–H groups in total. The quantitative estimate of drug-likeness (QED) is 0.794. The molecule has 0 saturated carbocycles. The molecule has 1 aromatic rings. The minimum atomic E-state index is -1.08. The molecule has 0 aliphatic heterocycles. The fourth-order valence-corrected chi connectivity index (χ4v) is 1.93. The topological polar surface area (TPSA) is 62.2 Å². The first kappa shape index (κ1) is 13.6. The van der Waals surface area contributed by atoms with Crippen molar-refractivity contribution in [3.8, 4) is 0 Å². The van der Waals surface area contributed by atoms with E-state index in [1.54, 1.807) is 31.5 Å². The molecule has 4 nitrogen and oxygen atoms in total. The molecular formula is C13H20N2O2. The van der Waals surface area contributed by atoms with Crippen LogP contribution in [0.3, 0.4) is 0 Å². The zero-order valence-electron chi connectivity index (χ0n) is 10.6. The number of nitrogens with one attached hydrogen (secondary N) is 1. The highest BCUT2D eigenvalue weighted by Crippen LogP contribution is 2.21. The van der Waals surface area contributed by atoms with E-state index in [1.165, 1.54) is 0 Å². The van der Waals surface area contributed by atoms with Crippen molar-refractivity contribution in [3.63, 3.8) is 0 Å². The summed E-state index contributed by atoms with van der Waals surface area (Å²) >= 11 is 0. The van der Waals surface area contributed by atoms with Crippen LogP contribution in [0.2, 0.25) is 0 Å². The lowest BCUT2D eigenvalue weighted by atomic mass is 9.92. The summed E-state index contributed by atoms with van der Waals surface area (Å²) in [6, 6.07) is 3.69. The van der Waals surface area contributed by atoms with Crippen LogP contribution in [0, 0.1) is 0 Å². The van der Waals surface area contributed by atoms with Crippen LogP contribution in [0.4, 0.5) is 0 Å². The van der Waals surface area contributed by atoms with Crippen LogP contribution in [0.1, 0.15) is 39.2 Å². The molecule has 1 rings (SSSR count). The smallest absolute Gasteiger partial charge is 0.328 e. The van der Waals surface area contributed by atoms with Gasteiger partial charge in [0.05, 0.1) is 0 Å². The Morgan fingerprint density at radius 3 is 2.82 bits per heavy atom. The molecule has 2 atom stereocenters. The van der Waals surface area contributed by atoms with E-state index in [1.807, 2.05) is 6.92 Å². The lowest BCUT2D eigenvalue weighted by Crippen LogP contribution is -2.50. The largest absolute Gasteiger partial charge is 0.480 e. The Labute approximate surface area is 102 Å². The number of carboxylic acid groups (broad SMARTS) is 1. The molecule has 0 bridgehead atoms. The van der Waals surface area contributed by atoms with Crippen LogP contribution >= 0.6 is 0 Å². The number of hydrogen-bond acceptors (Lipinski definition) is 3. The highest BCUT2D eigenvalue weighted by molar-refractivity contribution is 5.80. The fraction of sp³-hybridized carbons (Fsp3) is 0.538. The molecule has 0 aliphatic rings. The summed E-state index contributed by atoms with van der Waals surface area (Å²) in [5.74, 6) is -0.881. The van der Waals surface area contributed by atoms with Crippen LogP contribution in [-0.4, -0.2) is 22.1 Å². The number of pyridine rings is 1. The lowest BCUT2D eigenvalue weighted by Gasteiger charge is -2.30. The predicted octanol–water partition coefficient (Wildman–Crippen LogP) is 2.16. The summed E-state index contributed by atoms with van der Waals surface area (Å²) in [6.45, 7) is 5.76. The number of aliphatic carboxylic acids is 1. The summed E-state index contributed by atoms with van der Waals surface area (Å²) in [4.78, 5) is 15.5. The number of nitrogens with zero attached hydrogens (tertiary/aromatic N) is 1. The van der Waals surface area contributed by atoms with Crippen molar-refractivity contribution in [2.24, 2.45) is 0 Å². The number of rotatable bonds is 6. The van der Waals surface area contributed by atoms with Crippen molar-refractivity contribution in [1.82, 2.24) is 10.3 Å². The minimum absolute atomic E-state index is 0.154. The van der Waals surface area contributed by atoms with Gasteiger partial charge in [-0.3, -0.25) is 10.3 Å². The van der Waals surface area contributed by atoms with Crippen LogP contribution in [0.25, 0.3) is 0 Å². The summed E-state index contributed by atoms with van der Waals surface area (Å²) in [7, 11) is 0. The van der Waals surface area contributed by atoms with E-state index in [9.17, 15) is 9.90 Å². The van der Waals surface area contributed by atoms with Gasteiger partial charge in [-0.25, -0.2) is 4.79 Å². The Balaban J connectivity index is 2.94. The Morgan fingerprint density at radius 1 is 1.65 bits per heavy atom. The molecule has 0 radical (unpaired) electrons. The predicted molar refractivity (Wildman–Crippen MR) is 66.7 cm³/mol. The van der Waals surface area contributed by atoms with Crippen molar-refractivity contribution in [3.05, 3.63) is 30.1 Å². The average molecular weight is 236 g/mol. The van der Waals surface area contributed by atoms with E-state index < -0.39 is 11.5 Å². The maximum Gasteiger partial charge on any atom is 0.328 e. The van der Waals surface area contributed by atoms with Crippen LogP contribution < -0.4 is 5.32 Å². The molecule has 0 aliphatic carbocycles. The normalized spacial score (nSPS) is 16.2. The standard InChI is InChI=1S/C13H20N2O2/c1-4-6-10(2)15-13(3,12(16)17)11-7-5-8-14-9-11/h5,7-10,15H,4,6H2,1-3H3,(H,16,17). The third kappa shape index (κ3) is 3.27. The third-order valence-corrected chi connectivity index (χ3v) is 2.92. The van der Waals surface area contributed by atoms with Gasteiger partial charge in [-0.15, -0.1) is 0 Å². The van der Waals surface area contributed by atoms with Gasteiger partial charge in [-0.05, 0) is 26.3 Å². The Morgan fingerprint density at radius 2 is 2.35 bits per heavy atom. The second-order valence-electron chi connectivity index (χ2n) is 4.51. The second kappa shape index (κ2) is 5.77. The van der Waals surface area contributed by atoms with Gasteiger partial charge in [-0.1, -0.05) is 19.4 Å². The minimum Gasteiger partial charge on any atom is -0.480 e. The molecule has 94 valence electrons. The maximum absolute atomic E-state index is 11.5. The van der Waals surface area contributed by atoms with Gasteiger partial charge in [0.1, 0.15) is 5.54 Å². The molecule has 0 fully saturated rings. The van der Waals surface area contributed by atoms with E-state index in [-0.39, 0.29) is 6.04 Å². The first-order valence-electron chi connectivity index (χ1n) is 5.92. The zero-order chi connectivity index (χ0) is 12.9. The molecule has 0 aromatic carbocycles. The molecule has 0 spiro atoms. The molecule has 0 amide bonds. The monoisotopic (exact) mass is 236 g/mol.